The van der Waals surface area contributed by atoms with Crippen LogP contribution in [-0.4, -0.2) is 35.3 Å². The summed E-state index contributed by atoms with van der Waals surface area (Å²) in [4.78, 5) is 27.0. The summed E-state index contributed by atoms with van der Waals surface area (Å²) in [5, 5.41) is 21.8. The summed E-state index contributed by atoms with van der Waals surface area (Å²) in [5.74, 6) is -0.496. The number of amides is 1. The van der Waals surface area contributed by atoms with Gasteiger partial charge in [-0.15, -0.1) is 0 Å². The van der Waals surface area contributed by atoms with Gasteiger partial charge < -0.3 is 14.4 Å². The molecular formula is C20H19N7O4. The first-order chi connectivity index (χ1) is 14.9. The van der Waals surface area contributed by atoms with Crippen LogP contribution in [0.4, 0.5) is 5.69 Å². The summed E-state index contributed by atoms with van der Waals surface area (Å²) in [5.41, 5.74) is 2.56. The Morgan fingerprint density at radius 2 is 1.90 bits per heavy atom. The molecule has 0 radical (unpaired) electrons. The lowest BCUT2D eigenvalue weighted by molar-refractivity contribution is -0.386. The van der Waals surface area contributed by atoms with Crippen molar-refractivity contribution < 1.29 is 14.2 Å². The number of carbonyl (C=O) groups is 1. The topological polar surface area (TPSA) is 134 Å². The SMILES string of the molecule is Cc1nn(Cc2noc(C(=O)NCc3ccc(-n4cccc4)cc3)n2)c(C)c1[N+](=O)[O-]. The van der Waals surface area contributed by atoms with E-state index in [4.69, 9.17) is 4.52 Å². The lowest BCUT2D eigenvalue weighted by Crippen LogP contribution is -2.23. The molecule has 11 nitrogen and oxygen atoms in total. The molecule has 3 aromatic heterocycles. The normalized spacial score (nSPS) is 10.9. The van der Waals surface area contributed by atoms with Crippen LogP contribution in [0.1, 0.15) is 33.5 Å². The zero-order chi connectivity index (χ0) is 22.0. The van der Waals surface area contributed by atoms with Gasteiger partial charge in [-0.1, -0.05) is 17.3 Å². The van der Waals surface area contributed by atoms with E-state index in [0.717, 1.165) is 11.3 Å². The van der Waals surface area contributed by atoms with E-state index in [0.29, 0.717) is 17.9 Å². The van der Waals surface area contributed by atoms with Crippen LogP contribution in [0.15, 0.2) is 53.3 Å². The number of hydrogen-bond acceptors (Lipinski definition) is 7. The molecule has 31 heavy (non-hydrogen) atoms. The Morgan fingerprint density at radius 1 is 1.19 bits per heavy atom. The van der Waals surface area contributed by atoms with Gasteiger partial charge in [0.15, 0.2) is 5.82 Å². The molecule has 4 rings (SSSR count). The van der Waals surface area contributed by atoms with Crippen LogP contribution in [0.5, 0.6) is 0 Å². The Balaban J connectivity index is 1.37. The third-order valence-electron chi connectivity index (χ3n) is 4.77. The molecule has 1 amide bonds. The summed E-state index contributed by atoms with van der Waals surface area (Å²) < 4.78 is 8.42. The van der Waals surface area contributed by atoms with Crippen molar-refractivity contribution in [2.24, 2.45) is 0 Å². The first-order valence-electron chi connectivity index (χ1n) is 9.44. The van der Waals surface area contributed by atoms with Crippen molar-refractivity contribution in [1.82, 2.24) is 29.8 Å². The van der Waals surface area contributed by atoms with Crippen molar-refractivity contribution in [2.45, 2.75) is 26.9 Å². The molecule has 158 valence electrons. The zero-order valence-electron chi connectivity index (χ0n) is 16.8. The minimum absolute atomic E-state index is 0.0516. The monoisotopic (exact) mass is 421 g/mol. The Hall–Kier alpha value is -4.28. The number of benzene rings is 1. The van der Waals surface area contributed by atoms with Gasteiger partial charge >= 0.3 is 17.5 Å². The predicted octanol–water partition coefficient (Wildman–Crippen LogP) is 2.56. The van der Waals surface area contributed by atoms with Gasteiger partial charge in [0.05, 0.1) is 4.92 Å². The molecule has 0 aliphatic carbocycles. The fourth-order valence-electron chi connectivity index (χ4n) is 3.20. The lowest BCUT2D eigenvalue weighted by Gasteiger charge is -2.06. The summed E-state index contributed by atoms with van der Waals surface area (Å²) in [7, 11) is 0. The molecule has 3 heterocycles. The highest BCUT2D eigenvalue weighted by Crippen LogP contribution is 2.22. The zero-order valence-corrected chi connectivity index (χ0v) is 16.8. The highest BCUT2D eigenvalue weighted by molar-refractivity contribution is 5.89. The molecule has 11 heteroatoms. The van der Waals surface area contributed by atoms with E-state index in [1.54, 1.807) is 13.8 Å². The van der Waals surface area contributed by atoms with Crippen molar-refractivity contribution in [3.05, 3.63) is 87.6 Å². The highest BCUT2D eigenvalue weighted by atomic mass is 16.6. The van der Waals surface area contributed by atoms with Gasteiger partial charge in [-0.25, -0.2) is 0 Å². The largest absolute Gasteiger partial charge is 0.344 e. The molecule has 1 aromatic carbocycles. The second-order valence-corrected chi connectivity index (χ2v) is 6.89. The average molecular weight is 421 g/mol. The Morgan fingerprint density at radius 3 is 2.55 bits per heavy atom. The third-order valence-corrected chi connectivity index (χ3v) is 4.77. The van der Waals surface area contributed by atoms with Crippen LogP contribution in [0.3, 0.4) is 0 Å². The van der Waals surface area contributed by atoms with Gasteiger partial charge in [0.25, 0.3) is 0 Å². The smallest absolute Gasteiger partial charge is 0.316 e. The summed E-state index contributed by atoms with van der Waals surface area (Å²) >= 11 is 0. The molecule has 0 aliphatic rings. The molecule has 0 aliphatic heterocycles. The molecule has 4 aromatic rings. The summed E-state index contributed by atoms with van der Waals surface area (Å²) in [6.45, 7) is 3.50. The van der Waals surface area contributed by atoms with E-state index < -0.39 is 10.8 Å². The van der Waals surface area contributed by atoms with E-state index in [1.807, 2.05) is 53.4 Å². The minimum Gasteiger partial charge on any atom is -0.344 e. The van der Waals surface area contributed by atoms with Gasteiger partial charge in [0.1, 0.15) is 17.9 Å². The van der Waals surface area contributed by atoms with E-state index >= 15 is 0 Å². The van der Waals surface area contributed by atoms with Crippen molar-refractivity contribution in [3.63, 3.8) is 0 Å². The lowest BCUT2D eigenvalue weighted by atomic mass is 10.2. The summed E-state index contributed by atoms with van der Waals surface area (Å²) in [6.07, 6.45) is 3.91. The first-order valence-corrected chi connectivity index (χ1v) is 9.44. The number of rotatable bonds is 7. The van der Waals surface area contributed by atoms with Crippen LogP contribution in [0.2, 0.25) is 0 Å². The molecule has 0 saturated carbocycles. The standard InChI is InChI=1S/C20H19N7O4/c1-13-18(27(29)30)14(2)26(23-13)12-17-22-20(31-24-17)19(28)21-11-15-5-7-16(8-6-15)25-9-3-4-10-25/h3-10H,11-12H2,1-2H3,(H,21,28). The van der Waals surface area contributed by atoms with Gasteiger partial charge in [-0.05, 0) is 43.7 Å². The van der Waals surface area contributed by atoms with Crippen LogP contribution in [0, 0.1) is 24.0 Å². The van der Waals surface area contributed by atoms with Gasteiger partial charge in [-0.2, -0.15) is 10.1 Å². The number of carbonyl (C=O) groups excluding carboxylic acids is 1. The van der Waals surface area contributed by atoms with E-state index in [9.17, 15) is 14.9 Å². The Labute approximate surface area is 176 Å². The minimum atomic E-state index is -0.507. The van der Waals surface area contributed by atoms with Crippen LogP contribution in [0.25, 0.3) is 5.69 Å². The van der Waals surface area contributed by atoms with E-state index in [1.165, 1.54) is 4.68 Å². The number of aryl methyl sites for hydroxylation is 1. The maximum absolute atomic E-state index is 12.3. The molecule has 1 N–H and O–H groups in total. The number of nitrogens with zero attached hydrogens (tertiary/aromatic N) is 6. The molecular weight excluding hydrogens is 402 g/mol. The van der Waals surface area contributed by atoms with Crippen molar-refractivity contribution in [3.8, 4) is 5.69 Å². The summed E-state index contributed by atoms with van der Waals surface area (Å²) in [6, 6.07) is 11.7. The first kappa shape index (κ1) is 20.0. The predicted molar refractivity (Wildman–Crippen MR) is 109 cm³/mol. The molecule has 0 fully saturated rings. The van der Waals surface area contributed by atoms with E-state index in [-0.39, 0.29) is 23.9 Å². The number of hydrogen-bond donors (Lipinski definition) is 1. The van der Waals surface area contributed by atoms with E-state index in [2.05, 4.69) is 20.6 Å². The van der Waals surface area contributed by atoms with Crippen molar-refractivity contribution >= 4 is 11.6 Å². The number of nitro groups is 1. The quantitative estimate of drug-likeness (QED) is 0.358. The molecule has 0 unspecified atom stereocenters. The molecule has 0 atom stereocenters. The fraction of sp³-hybridized carbons (Fsp3) is 0.200. The molecule has 0 bridgehead atoms. The molecule has 0 saturated heterocycles. The second-order valence-electron chi connectivity index (χ2n) is 6.89. The third kappa shape index (κ3) is 4.20. The maximum atomic E-state index is 12.3. The Bertz CT molecular complexity index is 1220. The van der Waals surface area contributed by atoms with Crippen molar-refractivity contribution in [2.75, 3.05) is 0 Å². The Kier molecular flexibility index (Phi) is 5.31. The highest BCUT2D eigenvalue weighted by Gasteiger charge is 2.23. The van der Waals surface area contributed by atoms with Gasteiger partial charge in [0.2, 0.25) is 0 Å². The molecule has 0 spiro atoms. The van der Waals surface area contributed by atoms with Crippen molar-refractivity contribution in [1.29, 1.82) is 0 Å². The van der Waals surface area contributed by atoms with Gasteiger partial charge in [-0.3, -0.25) is 19.6 Å². The van der Waals surface area contributed by atoms with Gasteiger partial charge in [0, 0.05) is 24.6 Å². The maximum Gasteiger partial charge on any atom is 0.316 e. The number of aromatic nitrogens is 5. The van der Waals surface area contributed by atoms with Crippen LogP contribution < -0.4 is 5.32 Å². The fourth-order valence-corrected chi connectivity index (χ4v) is 3.20. The van der Waals surface area contributed by atoms with Crippen LogP contribution >= 0.6 is 0 Å². The second kappa shape index (κ2) is 8.22. The number of nitrogens with one attached hydrogen (secondary N) is 1. The average Bonchev–Trinajstić information content (AvgIpc) is 3.48. The van der Waals surface area contributed by atoms with Crippen LogP contribution in [-0.2, 0) is 13.1 Å².